The molecule has 21 nitrogen and oxygen atoms in total. The summed E-state index contributed by atoms with van der Waals surface area (Å²) >= 11 is 0. The number of esters is 2. The third-order valence-electron chi connectivity index (χ3n) is 17.6. The van der Waals surface area contributed by atoms with Crippen LogP contribution in [-0.4, -0.2) is 217 Å². The van der Waals surface area contributed by atoms with Gasteiger partial charge in [-0.2, -0.15) is 0 Å². The first-order chi connectivity index (χ1) is 42.2. The van der Waals surface area contributed by atoms with E-state index in [1.54, 1.807) is 34.1 Å². The molecule has 0 aromatic heterocycles. The largest absolute Gasteiger partial charge is 0.462 e. The van der Waals surface area contributed by atoms with Crippen molar-refractivity contribution in [1.82, 2.24) is 4.90 Å². The van der Waals surface area contributed by atoms with E-state index in [4.69, 9.17) is 56.8 Å². The van der Waals surface area contributed by atoms with Gasteiger partial charge in [0.1, 0.15) is 30.5 Å². The molecular formula is C67H111NO20. The van der Waals surface area contributed by atoms with Crippen LogP contribution in [0.2, 0.25) is 0 Å². The van der Waals surface area contributed by atoms with Crippen molar-refractivity contribution >= 4 is 29.4 Å². The number of carbonyl (C=O) groups excluding carboxylic acids is 5. The molecule has 3 N–H and O–H groups in total. The van der Waals surface area contributed by atoms with E-state index in [2.05, 4.69) is 0 Å². The smallest absolute Gasteiger partial charge is 0.329 e. The van der Waals surface area contributed by atoms with Crippen molar-refractivity contribution in [2.24, 2.45) is 35.5 Å². The lowest BCUT2D eigenvalue weighted by molar-refractivity contribution is -0.265. The summed E-state index contributed by atoms with van der Waals surface area (Å²) in [5.74, 6) is -8.40. The van der Waals surface area contributed by atoms with E-state index in [1.807, 2.05) is 71.9 Å². The summed E-state index contributed by atoms with van der Waals surface area (Å²) in [5, 5.41) is 34.8. The summed E-state index contributed by atoms with van der Waals surface area (Å²) in [6, 6.07) is -1.19. The van der Waals surface area contributed by atoms with Gasteiger partial charge in [0.25, 0.3) is 11.7 Å². The molecule has 0 aromatic carbocycles. The number of aliphatic hydroxyl groups is 3. The number of methoxy groups -OCH3 is 3. The summed E-state index contributed by atoms with van der Waals surface area (Å²) in [6.07, 6.45) is 10.3. The van der Waals surface area contributed by atoms with Crippen LogP contribution in [0.5, 0.6) is 0 Å². The number of fused-ring (bicyclic) bond motifs is 3. The molecule has 0 unspecified atom stereocenters. The van der Waals surface area contributed by atoms with Gasteiger partial charge in [0, 0.05) is 78.1 Å². The zero-order valence-corrected chi connectivity index (χ0v) is 54.9. The van der Waals surface area contributed by atoms with Gasteiger partial charge >= 0.3 is 11.9 Å². The van der Waals surface area contributed by atoms with Gasteiger partial charge in [-0.1, -0.05) is 71.1 Å². The average molecular weight is 1250 g/mol. The fourth-order valence-corrected chi connectivity index (χ4v) is 12.2. The first-order valence-electron chi connectivity index (χ1n) is 32.5. The first-order valence-corrected chi connectivity index (χ1v) is 32.5. The average Bonchev–Trinajstić information content (AvgIpc) is 0.997. The van der Waals surface area contributed by atoms with Crippen LogP contribution < -0.4 is 0 Å². The summed E-state index contributed by atoms with van der Waals surface area (Å²) in [4.78, 5) is 73.4. The number of rotatable bonds is 27. The molecule has 0 spiro atoms. The van der Waals surface area contributed by atoms with Crippen LogP contribution >= 0.6 is 0 Å². The number of carbonyl (C=O) groups is 5. The van der Waals surface area contributed by atoms with E-state index in [0.29, 0.717) is 149 Å². The lowest BCUT2D eigenvalue weighted by Gasteiger charge is -2.43. The number of piperidine rings is 1. The van der Waals surface area contributed by atoms with Crippen molar-refractivity contribution in [3.05, 3.63) is 47.6 Å². The van der Waals surface area contributed by atoms with Gasteiger partial charge < -0.3 is 77.1 Å². The second kappa shape index (κ2) is 41.6. The van der Waals surface area contributed by atoms with Crippen molar-refractivity contribution in [1.29, 1.82) is 0 Å². The lowest BCUT2D eigenvalue weighted by Crippen LogP contribution is -2.61. The van der Waals surface area contributed by atoms with E-state index < -0.39 is 95.9 Å². The molecule has 3 fully saturated rings. The van der Waals surface area contributed by atoms with Gasteiger partial charge in [-0.3, -0.25) is 19.2 Å². The van der Waals surface area contributed by atoms with Gasteiger partial charge in [-0.05, 0) is 120 Å². The van der Waals surface area contributed by atoms with Gasteiger partial charge in [0.05, 0.1) is 90.5 Å². The first kappa shape index (κ1) is 76.6. The third kappa shape index (κ3) is 25.7. The van der Waals surface area contributed by atoms with Crippen LogP contribution in [0, 0.1) is 35.5 Å². The van der Waals surface area contributed by atoms with Crippen LogP contribution in [0.4, 0.5) is 0 Å². The highest BCUT2D eigenvalue weighted by Crippen LogP contribution is 2.38. The molecule has 88 heavy (non-hydrogen) atoms. The number of ether oxygens (including phenoxy) is 12. The summed E-state index contributed by atoms with van der Waals surface area (Å²) in [5.41, 5.74) is 1.27. The second-order valence-corrected chi connectivity index (χ2v) is 24.6. The number of allylic oxidation sites excluding steroid dienone is 5. The summed E-state index contributed by atoms with van der Waals surface area (Å²) in [7, 11) is 4.53. The van der Waals surface area contributed by atoms with Gasteiger partial charge in [0.2, 0.25) is 5.79 Å². The number of amides is 1. The molecule has 16 atom stereocenters. The SMILES string of the molecule is CCOCCOCCOCCOCCOCCOCCCC(=O)O[C@@H]1C[C@@H]([C@H](C)C[C@@H]2CC[C@@H](O)[C@H](OC)C2)OC(=O)[C@@H]2CCCCN2C(=O)C(=O)[C@]2(O)O[C@@H](CC[C@H]2C)C[C@H](OC)/C(C)=C/C=C/C=C/[C@@H](C)C[C@@H](C)C(=O)[C@H](OC)[C@H](O)/C(C)=C/[C@H]1C. The zero-order valence-electron chi connectivity index (χ0n) is 54.9. The van der Waals surface area contributed by atoms with Gasteiger partial charge in [-0.15, -0.1) is 0 Å². The molecule has 3 aliphatic heterocycles. The molecule has 504 valence electrons. The van der Waals surface area contributed by atoms with Crippen molar-refractivity contribution in [2.45, 2.75) is 206 Å². The standard InChI is InChI=1S/C67H111NO20/c1-12-80-29-30-82-33-34-84-37-38-85-36-35-83-32-31-81-28-18-22-60(70)86-57-44-58(48(5)41-52-24-26-55(69)59(42-52)78-10)87-66(75)54-21-16-17-27-68(54)65(74)64(73)67(76)51(8)23-25-53(88-67)43-56(77-9)46(3)20-15-13-14-19-45(2)39-49(6)61(71)63(79-11)62(72)50(7)40-47(57)4/h13-15,19-20,40,45,47-49,51-59,62-63,69,72,76H,12,16-18,21-39,41-44H2,1-11H3/b15-13+,19-14+,46-20+,50-40+/t45-,47-,48-,49-,51-,52+,53+,54+,55-,56+,57-,58+,59-,62-,63+,67-/m1/s1. The molecule has 21 heteroatoms. The number of nitrogens with zero attached hydrogens (tertiary/aromatic N) is 1. The Balaban J connectivity index is 1.60. The minimum Gasteiger partial charge on any atom is -0.462 e. The van der Waals surface area contributed by atoms with Crippen LogP contribution in [0.25, 0.3) is 0 Å². The fraction of sp³-hybridized carbons (Fsp3) is 0.806. The predicted octanol–water partition coefficient (Wildman–Crippen LogP) is 7.42. The van der Waals surface area contributed by atoms with E-state index >= 15 is 0 Å². The number of aliphatic hydroxyl groups excluding tert-OH is 2. The molecule has 4 rings (SSSR count). The molecule has 1 amide bonds. The Bertz CT molecular complexity index is 2190. The van der Waals surface area contributed by atoms with Crippen molar-refractivity contribution in [3.8, 4) is 0 Å². The van der Waals surface area contributed by atoms with Gasteiger partial charge in [0.15, 0.2) is 5.78 Å². The summed E-state index contributed by atoms with van der Waals surface area (Å²) < 4.78 is 69.7. The normalized spacial score (nSPS) is 33.7. The van der Waals surface area contributed by atoms with Crippen LogP contribution in [0.1, 0.15) is 145 Å². The molecule has 4 aliphatic rings. The maximum absolute atomic E-state index is 14.9. The Morgan fingerprint density at radius 3 is 1.97 bits per heavy atom. The Morgan fingerprint density at radius 1 is 0.716 bits per heavy atom. The minimum absolute atomic E-state index is 0.00878. The Kier molecular flexibility index (Phi) is 36.3. The third-order valence-corrected chi connectivity index (χ3v) is 17.6. The number of hydrogen-bond donors (Lipinski definition) is 3. The molecule has 2 saturated heterocycles. The topological polar surface area (TPSA) is 260 Å². The number of hydrogen-bond acceptors (Lipinski definition) is 20. The Hall–Kier alpha value is -3.81. The number of Topliss-reactive ketones (excluding diaryl/α,β-unsaturated/α-hetero) is 2. The minimum atomic E-state index is -2.47. The second-order valence-electron chi connectivity index (χ2n) is 24.6. The molecule has 3 heterocycles. The van der Waals surface area contributed by atoms with E-state index in [0.717, 1.165) is 5.57 Å². The fourth-order valence-electron chi connectivity index (χ4n) is 12.2. The van der Waals surface area contributed by atoms with E-state index in [-0.39, 0.29) is 62.1 Å². The Labute approximate surface area is 524 Å². The van der Waals surface area contributed by atoms with E-state index in [1.165, 1.54) is 12.0 Å². The predicted molar refractivity (Wildman–Crippen MR) is 330 cm³/mol. The highest BCUT2D eigenvalue weighted by Gasteiger charge is 2.53. The highest BCUT2D eigenvalue weighted by molar-refractivity contribution is 6.39. The molecule has 0 radical (unpaired) electrons. The van der Waals surface area contributed by atoms with Crippen LogP contribution in [-0.2, 0) is 80.8 Å². The molecule has 0 aromatic rings. The zero-order chi connectivity index (χ0) is 64.6. The van der Waals surface area contributed by atoms with Crippen LogP contribution in [0.15, 0.2) is 47.6 Å². The molecule has 1 aliphatic carbocycles. The molecule has 2 bridgehead atoms. The van der Waals surface area contributed by atoms with Crippen molar-refractivity contribution in [2.75, 3.05) is 107 Å². The Morgan fingerprint density at radius 2 is 1.35 bits per heavy atom. The number of cyclic esters (lactones) is 1. The summed E-state index contributed by atoms with van der Waals surface area (Å²) in [6.45, 7) is 20.1. The van der Waals surface area contributed by atoms with Crippen molar-refractivity contribution in [3.63, 3.8) is 0 Å². The quantitative estimate of drug-likeness (QED) is 0.0313. The van der Waals surface area contributed by atoms with E-state index in [9.17, 15) is 39.3 Å². The molecular weight excluding hydrogens is 1140 g/mol. The maximum atomic E-state index is 14.9. The molecule has 1 saturated carbocycles. The van der Waals surface area contributed by atoms with Crippen molar-refractivity contribution < 1.29 is 96.1 Å². The van der Waals surface area contributed by atoms with Crippen LogP contribution in [0.3, 0.4) is 0 Å². The highest BCUT2D eigenvalue weighted by atomic mass is 16.6. The monoisotopic (exact) mass is 1250 g/mol. The lowest BCUT2D eigenvalue weighted by atomic mass is 9.78. The van der Waals surface area contributed by atoms with Gasteiger partial charge in [-0.25, -0.2) is 4.79 Å². The maximum Gasteiger partial charge on any atom is 0.329 e. The number of ketones is 2.